The minimum Gasteiger partial charge on any atom is -0.493 e. The lowest BCUT2D eigenvalue weighted by molar-refractivity contribution is 0.208. The van der Waals surface area contributed by atoms with Gasteiger partial charge in [0.15, 0.2) is 17.3 Å². The highest BCUT2D eigenvalue weighted by Gasteiger charge is 2.25. The Morgan fingerprint density at radius 3 is 2.57 bits per heavy atom. The summed E-state index contributed by atoms with van der Waals surface area (Å²) < 4.78 is 12.4. The first-order chi connectivity index (χ1) is 18.1. The van der Waals surface area contributed by atoms with Gasteiger partial charge in [-0.1, -0.05) is 12.8 Å². The lowest BCUT2D eigenvalue weighted by Gasteiger charge is -2.26. The summed E-state index contributed by atoms with van der Waals surface area (Å²) >= 11 is 0. The molecule has 0 atom stereocenters. The Kier molecular flexibility index (Phi) is 6.21. The summed E-state index contributed by atoms with van der Waals surface area (Å²) in [7, 11) is 3.17. The molecule has 0 spiro atoms. The van der Waals surface area contributed by atoms with E-state index >= 15 is 0 Å². The summed E-state index contributed by atoms with van der Waals surface area (Å²) in [6.07, 6.45) is 10.7. The Morgan fingerprint density at radius 1 is 0.973 bits per heavy atom. The fourth-order valence-electron chi connectivity index (χ4n) is 5.51. The van der Waals surface area contributed by atoms with Crippen LogP contribution in [0.1, 0.15) is 36.9 Å². The Hall–Kier alpha value is -3.99. The molecule has 1 saturated carbocycles. The smallest absolute Gasteiger partial charge is 0.248 e. The van der Waals surface area contributed by atoms with Crippen LogP contribution in [0.15, 0.2) is 30.7 Å². The minimum atomic E-state index is 0.201. The van der Waals surface area contributed by atoms with Crippen molar-refractivity contribution in [1.82, 2.24) is 34.6 Å². The van der Waals surface area contributed by atoms with E-state index in [1.165, 1.54) is 47.9 Å². The van der Waals surface area contributed by atoms with Gasteiger partial charge in [0, 0.05) is 42.7 Å². The molecule has 2 aliphatic rings. The van der Waals surface area contributed by atoms with Gasteiger partial charge >= 0.3 is 0 Å². The largest absolute Gasteiger partial charge is 0.493 e. The van der Waals surface area contributed by atoms with Crippen molar-refractivity contribution in [3.8, 4) is 17.3 Å². The van der Waals surface area contributed by atoms with Gasteiger partial charge in [-0.15, -0.1) is 5.10 Å². The molecule has 1 aliphatic heterocycles. The monoisotopic (exact) mass is 501 g/mol. The van der Waals surface area contributed by atoms with E-state index in [4.69, 9.17) is 20.2 Å². The first kappa shape index (κ1) is 23.4. The number of aromatic nitrogens is 6. The van der Waals surface area contributed by atoms with Crippen LogP contribution in [0.4, 0.5) is 17.6 Å². The summed E-state index contributed by atoms with van der Waals surface area (Å²) in [6.45, 7) is 2.17. The van der Waals surface area contributed by atoms with Gasteiger partial charge in [0.1, 0.15) is 6.33 Å². The number of nitrogens with two attached hydrogens (primary N) is 1. The van der Waals surface area contributed by atoms with Crippen molar-refractivity contribution < 1.29 is 9.47 Å². The van der Waals surface area contributed by atoms with Crippen molar-refractivity contribution in [3.63, 3.8) is 0 Å². The van der Waals surface area contributed by atoms with Gasteiger partial charge in [-0.3, -0.25) is 9.88 Å². The number of hydrogen-bond acceptors (Lipinski definition) is 10. The molecule has 3 aromatic heterocycles. The van der Waals surface area contributed by atoms with Crippen LogP contribution >= 0.6 is 0 Å². The summed E-state index contributed by atoms with van der Waals surface area (Å²) in [6, 6.07) is 6.50. The van der Waals surface area contributed by atoms with E-state index in [9.17, 15) is 0 Å². The van der Waals surface area contributed by atoms with E-state index in [1.54, 1.807) is 20.3 Å². The van der Waals surface area contributed by atoms with Crippen molar-refractivity contribution in [3.05, 3.63) is 42.0 Å². The SMILES string of the molecule is COc1cc2ncnc(-n3nc(Nc4cnc5c(c4)CCN(C4CCCC4)CC5)nc3N)c2cc1OC. The Bertz CT molecular complexity index is 1430. The fourth-order valence-corrected chi connectivity index (χ4v) is 5.51. The molecule has 0 bridgehead atoms. The maximum atomic E-state index is 6.26. The van der Waals surface area contributed by atoms with Crippen molar-refractivity contribution in [2.45, 2.75) is 44.6 Å². The van der Waals surface area contributed by atoms with Crippen LogP contribution in [-0.4, -0.2) is 68.0 Å². The van der Waals surface area contributed by atoms with Crippen molar-refractivity contribution >= 4 is 28.5 Å². The van der Waals surface area contributed by atoms with E-state index in [-0.39, 0.29) is 5.95 Å². The van der Waals surface area contributed by atoms with Crippen LogP contribution in [-0.2, 0) is 12.8 Å². The second-order valence-corrected chi connectivity index (χ2v) is 9.56. The number of benzene rings is 1. The van der Waals surface area contributed by atoms with Crippen LogP contribution < -0.4 is 20.5 Å². The number of nitrogens with zero attached hydrogens (tertiary/aromatic N) is 7. The number of nitrogen functional groups attached to an aromatic ring is 1. The second-order valence-electron chi connectivity index (χ2n) is 9.56. The standard InChI is InChI=1S/C26H31N9O2/c1-36-22-12-19-21(13-23(22)37-2)29-15-30-24(19)35-25(27)32-26(33-35)31-17-11-16-7-9-34(18-5-3-4-6-18)10-8-20(16)28-14-17/h11-15,18H,3-10H2,1-2H3,(H3,27,31,32,33). The number of fused-ring (bicyclic) bond motifs is 2. The summed E-state index contributed by atoms with van der Waals surface area (Å²) in [4.78, 5) is 20.6. The van der Waals surface area contributed by atoms with Gasteiger partial charge in [0.05, 0.1) is 31.6 Å². The molecule has 11 heteroatoms. The molecule has 11 nitrogen and oxygen atoms in total. The third-order valence-electron chi connectivity index (χ3n) is 7.41. The molecule has 1 fully saturated rings. The van der Waals surface area contributed by atoms with Gasteiger partial charge in [-0.05, 0) is 37.0 Å². The van der Waals surface area contributed by atoms with Crippen molar-refractivity contribution in [2.24, 2.45) is 0 Å². The molecule has 4 heterocycles. The van der Waals surface area contributed by atoms with Gasteiger partial charge in [-0.25, -0.2) is 9.97 Å². The van der Waals surface area contributed by atoms with Crippen LogP contribution in [0.5, 0.6) is 11.5 Å². The molecule has 1 aromatic carbocycles. The van der Waals surface area contributed by atoms with E-state index in [1.807, 2.05) is 12.3 Å². The molecule has 37 heavy (non-hydrogen) atoms. The zero-order valence-electron chi connectivity index (χ0n) is 21.1. The van der Waals surface area contributed by atoms with Crippen LogP contribution in [0, 0.1) is 0 Å². The first-order valence-corrected chi connectivity index (χ1v) is 12.7. The van der Waals surface area contributed by atoms with Gasteiger partial charge in [0.25, 0.3) is 0 Å². The Morgan fingerprint density at radius 2 is 1.76 bits per heavy atom. The molecule has 4 aromatic rings. The minimum absolute atomic E-state index is 0.201. The van der Waals surface area contributed by atoms with Gasteiger partial charge in [-0.2, -0.15) is 9.67 Å². The first-order valence-electron chi connectivity index (χ1n) is 12.7. The topological polar surface area (TPSA) is 129 Å². The molecule has 1 aliphatic carbocycles. The Labute approximate surface area is 215 Å². The average Bonchev–Trinajstić information content (AvgIpc) is 3.53. The predicted molar refractivity (Wildman–Crippen MR) is 141 cm³/mol. The molecule has 192 valence electrons. The van der Waals surface area contributed by atoms with Crippen LogP contribution in [0.2, 0.25) is 0 Å². The van der Waals surface area contributed by atoms with E-state index in [0.29, 0.717) is 34.2 Å². The maximum Gasteiger partial charge on any atom is 0.248 e. The van der Waals surface area contributed by atoms with Gasteiger partial charge in [0.2, 0.25) is 11.9 Å². The predicted octanol–water partition coefficient (Wildman–Crippen LogP) is 3.29. The summed E-state index contributed by atoms with van der Waals surface area (Å²) in [5.41, 5.74) is 10.2. The number of pyridine rings is 1. The van der Waals surface area contributed by atoms with E-state index in [0.717, 1.165) is 37.7 Å². The maximum absolute atomic E-state index is 6.26. The third-order valence-corrected chi connectivity index (χ3v) is 7.41. The fraction of sp³-hybridized carbons (Fsp3) is 0.423. The number of rotatable bonds is 6. The zero-order chi connectivity index (χ0) is 25.4. The molecular weight excluding hydrogens is 470 g/mol. The lowest BCUT2D eigenvalue weighted by Crippen LogP contribution is -2.35. The quantitative estimate of drug-likeness (QED) is 0.406. The lowest BCUT2D eigenvalue weighted by atomic mass is 10.1. The normalized spacial score (nSPS) is 16.5. The molecule has 6 rings (SSSR count). The number of methoxy groups -OCH3 is 2. The number of nitrogens with one attached hydrogen (secondary N) is 1. The Balaban J connectivity index is 1.25. The molecular formula is C26H31N9O2. The van der Waals surface area contributed by atoms with Crippen molar-refractivity contribution in [1.29, 1.82) is 0 Å². The number of hydrogen-bond donors (Lipinski definition) is 2. The van der Waals surface area contributed by atoms with Crippen LogP contribution in [0.25, 0.3) is 16.7 Å². The summed E-state index contributed by atoms with van der Waals surface area (Å²) in [5.74, 6) is 2.21. The van der Waals surface area contributed by atoms with Crippen molar-refractivity contribution in [2.75, 3.05) is 38.4 Å². The molecule has 3 N–H and O–H groups in total. The van der Waals surface area contributed by atoms with Crippen LogP contribution in [0.3, 0.4) is 0 Å². The molecule has 0 amide bonds. The molecule has 0 saturated heterocycles. The zero-order valence-corrected chi connectivity index (χ0v) is 21.1. The highest BCUT2D eigenvalue weighted by Crippen LogP contribution is 2.33. The average molecular weight is 502 g/mol. The highest BCUT2D eigenvalue weighted by molar-refractivity contribution is 5.88. The molecule has 0 radical (unpaired) electrons. The highest BCUT2D eigenvalue weighted by atomic mass is 16.5. The van der Waals surface area contributed by atoms with E-state index in [2.05, 4.69) is 36.3 Å². The third kappa shape index (κ3) is 4.50. The number of anilines is 3. The summed E-state index contributed by atoms with van der Waals surface area (Å²) in [5, 5.41) is 8.57. The van der Waals surface area contributed by atoms with Gasteiger partial charge < -0.3 is 20.5 Å². The van der Waals surface area contributed by atoms with E-state index < -0.39 is 0 Å². The number of ether oxygens (including phenoxy) is 2. The second kappa shape index (κ2) is 9.81. The molecule has 0 unspecified atom stereocenters.